The number of nitrogens with zero attached hydrogens (tertiary/aromatic N) is 3. The van der Waals surface area contributed by atoms with Crippen molar-refractivity contribution in [1.82, 2.24) is 9.21 Å². The third-order valence-electron chi connectivity index (χ3n) is 3.89. The first-order valence-corrected chi connectivity index (χ1v) is 10.1. The number of sulfonamides is 1. The number of hydrogen-bond donors (Lipinski definition) is 1. The number of piperazine rings is 1. The van der Waals surface area contributed by atoms with Crippen molar-refractivity contribution in [1.29, 1.82) is 0 Å². The van der Waals surface area contributed by atoms with E-state index in [1.165, 1.54) is 22.5 Å². The number of nitro groups is 1. The fraction of sp³-hybridized carbons (Fsp3) is 0.500. The number of anilines is 1. The Hall–Kier alpha value is -1.56. The molecule has 0 spiro atoms. The van der Waals surface area contributed by atoms with E-state index in [1.54, 1.807) is 6.92 Å². The Labute approximate surface area is 154 Å². The second-order valence-electron chi connectivity index (χ2n) is 5.55. The molecular formula is C14H19BrN4O5S. The van der Waals surface area contributed by atoms with E-state index in [0.29, 0.717) is 36.3 Å². The van der Waals surface area contributed by atoms with Gasteiger partial charge in [0.25, 0.3) is 5.69 Å². The molecule has 1 heterocycles. The van der Waals surface area contributed by atoms with Crippen molar-refractivity contribution in [3.8, 4) is 0 Å². The van der Waals surface area contributed by atoms with Crippen LogP contribution >= 0.6 is 15.9 Å². The molecule has 11 heteroatoms. The number of hydrogen-bond acceptors (Lipinski definition) is 6. The molecule has 1 saturated heterocycles. The lowest BCUT2D eigenvalue weighted by Gasteiger charge is -2.33. The average Bonchev–Trinajstić information content (AvgIpc) is 2.57. The molecule has 2 rings (SSSR count). The highest BCUT2D eigenvalue weighted by molar-refractivity contribution is 9.10. The van der Waals surface area contributed by atoms with Crippen LogP contribution in [0.15, 0.2) is 22.7 Å². The lowest BCUT2D eigenvalue weighted by atomic mass is 10.3. The lowest BCUT2D eigenvalue weighted by Crippen LogP contribution is -2.50. The topological polar surface area (TPSA) is 113 Å². The molecule has 1 aromatic carbocycles. The van der Waals surface area contributed by atoms with Crippen LogP contribution in [0.2, 0.25) is 0 Å². The smallest absolute Gasteiger partial charge is 0.270 e. The minimum atomic E-state index is -3.19. The summed E-state index contributed by atoms with van der Waals surface area (Å²) in [4.78, 5) is 24.2. The van der Waals surface area contributed by atoms with Gasteiger partial charge in [-0.05, 0) is 28.9 Å². The summed E-state index contributed by atoms with van der Waals surface area (Å²) in [7, 11) is -3.19. The molecule has 1 N–H and O–H groups in total. The highest BCUT2D eigenvalue weighted by Crippen LogP contribution is 2.27. The van der Waals surface area contributed by atoms with E-state index in [-0.39, 0.29) is 23.9 Å². The summed E-state index contributed by atoms with van der Waals surface area (Å²) >= 11 is 3.20. The Morgan fingerprint density at radius 3 is 2.48 bits per heavy atom. The number of nitro benzene ring substituents is 1. The fourth-order valence-corrected chi connectivity index (χ4v) is 4.01. The van der Waals surface area contributed by atoms with Gasteiger partial charge in [-0.25, -0.2) is 8.42 Å². The van der Waals surface area contributed by atoms with Gasteiger partial charge in [-0.3, -0.25) is 19.8 Å². The Morgan fingerprint density at radius 1 is 1.32 bits per heavy atom. The molecule has 1 fully saturated rings. The first kappa shape index (κ1) is 19.8. The van der Waals surface area contributed by atoms with Crippen LogP contribution in [0, 0.1) is 10.1 Å². The van der Waals surface area contributed by atoms with E-state index in [1.807, 2.05) is 4.90 Å². The molecule has 0 aliphatic carbocycles. The summed E-state index contributed by atoms with van der Waals surface area (Å²) in [5, 5.41) is 13.4. The fourth-order valence-electron chi connectivity index (χ4n) is 2.46. The summed E-state index contributed by atoms with van der Waals surface area (Å²) in [5.74, 6) is -0.192. The van der Waals surface area contributed by atoms with Crippen LogP contribution in [0.25, 0.3) is 0 Å². The molecule has 0 bridgehead atoms. The van der Waals surface area contributed by atoms with Gasteiger partial charge >= 0.3 is 0 Å². The van der Waals surface area contributed by atoms with E-state index in [4.69, 9.17) is 0 Å². The van der Waals surface area contributed by atoms with Crippen molar-refractivity contribution in [3.05, 3.63) is 32.8 Å². The van der Waals surface area contributed by atoms with Gasteiger partial charge in [0.1, 0.15) is 0 Å². The summed E-state index contributed by atoms with van der Waals surface area (Å²) in [6.07, 6.45) is 0. The van der Waals surface area contributed by atoms with Gasteiger partial charge in [0.05, 0.1) is 22.9 Å². The molecule has 0 unspecified atom stereocenters. The third-order valence-corrected chi connectivity index (χ3v) is 6.43. The Morgan fingerprint density at radius 2 is 1.96 bits per heavy atom. The van der Waals surface area contributed by atoms with E-state index in [2.05, 4.69) is 21.2 Å². The number of benzene rings is 1. The molecule has 0 saturated carbocycles. The lowest BCUT2D eigenvalue weighted by molar-refractivity contribution is -0.384. The second kappa shape index (κ2) is 8.21. The van der Waals surface area contributed by atoms with E-state index >= 15 is 0 Å². The Balaban J connectivity index is 1.89. The zero-order valence-corrected chi connectivity index (χ0v) is 16.0. The SMILES string of the molecule is CCS(=O)(=O)N1CCN(CC(=O)Nc2ccc([N+](=O)[O-])cc2Br)CC1. The first-order valence-electron chi connectivity index (χ1n) is 7.67. The third kappa shape index (κ3) is 5.21. The van der Waals surface area contributed by atoms with E-state index in [0.717, 1.165) is 0 Å². The minimum Gasteiger partial charge on any atom is -0.324 e. The maximum absolute atomic E-state index is 12.1. The van der Waals surface area contributed by atoms with Gasteiger partial charge in [-0.15, -0.1) is 0 Å². The van der Waals surface area contributed by atoms with Gasteiger partial charge < -0.3 is 5.32 Å². The van der Waals surface area contributed by atoms with Crippen LogP contribution in [-0.4, -0.2) is 66.9 Å². The molecule has 0 aromatic heterocycles. The van der Waals surface area contributed by atoms with Gasteiger partial charge in [-0.2, -0.15) is 4.31 Å². The molecule has 1 aromatic rings. The molecular weight excluding hydrogens is 416 g/mol. The number of carbonyl (C=O) groups excluding carboxylic acids is 1. The van der Waals surface area contributed by atoms with Crippen LogP contribution in [0.5, 0.6) is 0 Å². The maximum Gasteiger partial charge on any atom is 0.270 e. The standard InChI is InChI=1S/C14H19BrN4O5S/c1-2-25(23,24)18-7-5-17(6-8-18)10-14(20)16-13-4-3-11(19(21)22)9-12(13)15/h3-4,9H,2,5-8,10H2,1H3,(H,16,20). The van der Waals surface area contributed by atoms with Gasteiger partial charge in [-0.1, -0.05) is 0 Å². The highest BCUT2D eigenvalue weighted by atomic mass is 79.9. The minimum absolute atomic E-state index is 0.0711. The number of nitrogens with one attached hydrogen (secondary N) is 1. The molecule has 9 nitrogen and oxygen atoms in total. The van der Waals surface area contributed by atoms with Crippen LogP contribution in [-0.2, 0) is 14.8 Å². The number of carbonyl (C=O) groups is 1. The molecule has 25 heavy (non-hydrogen) atoms. The van der Waals surface area contributed by atoms with Crippen LogP contribution < -0.4 is 5.32 Å². The number of rotatable bonds is 6. The predicted octanol–water partition coefficient (Wildman–Crippen LogP) is 1.26. The number of halogens is 1. The summed E-state index contributed by atoms with van der Waals surface area (Å²) in [6.45, 7) is 3.43. The Kier molecular flexibility index (Phi) is 6.49. The largest absolute Gasteiger partial charge is 0.324 e. The molecule has 138 valence electrons. The first-order chi connectivity index (χ1) is 11.7. The molecule has 1 amide bonds. The van der Waals surface area contributed by atoms with Crippen molar-refractivity contribution in [2.24, 2.45) is 0 Å². The zero-order chi connectivity index (χ0) is 18.6. The Bertz CT molecular complexity index is 762. The van der Waals surface area contributed by atoms with Crippen LogP contribution in [0.3, 0.4) is 0 Å². The molecule has 0 radical (unpaired) electrons. The number of amides is 1. The van der Waals surface area contributed by atoms with Gasteiger partial charge in [0.15, 0.2) is 0 Å². The van der Waals surface area contributed by atoms with Crippen LogP contribution in [0.1, 0.15) is 6.92 Å². The summed E-state index contributed by atoms with van der Waals surface area (Å²) in [6, 6.07) is 4.10. The molecule has 1 aliphatic rings. The van der Waals surface area contributed by atoms with Crippen LogP contribution in [0.4, 0.5) is 11.4 Å². The van der Waals surface area contributed by atoms with E-state index in [9.17, 15) is 23.3 Å². The average molecular weight is 435 g/mol. The van der Waals surface area contributed by atoms with E-state index < -0.39 is 14.9 Å². The zero-order valence-electron chi connectivity index (χ0n) is 13.6. The van der Waals surface area contributed by atoms with Crippen molar-refractivity contribution in [3.63, 3.8) is 0 Å². The maximum atomic E-state index is 12.1. The number of non-ortho nitro benzene ring substituents is 1. The predicted molar refractivity (Wildman–Crippen MR) is 96.9 cm³/mol. The monoisotopic (exact) mass is 434 g/mol. The van der Waals surface area contributed by atoms with Gasteiger partial charge in [0, 0.05) is 42.8 Å². The normalized spacial score (nSPS) is 16.6. The van der Waals surface area contributed by atoms with Crippen molar-refractivity contribution >= 4 is 43.2 Å². The molecule has 0 atom stereocenters. The summed E-state index contributed by atoms with van der Waals surface area (Å²) in [5.41, 5.74) is 0.376. The second-order valence-corrected chi connectivity index (χ2v) is 8.66. The van der Waals surface area contributed by atoms with Crippen molar-refractivity contribution in [2.75, 3.05) is 43.8 Å². The quantitative estimate of drug-likeness (QED) is 0.532. The molecule has 1 aliphatic heterocycles. The van der Waals surface area contributed by atoms with Gasteiger partial charge in [0.2, 0.25) is 15.9 Å². The highest BCUT2D eigenvalue weighted by Gasteiger charge is 2.26. The van der Waals surface area contributed by atoms with Crippen molar-refractivity contribution in [2.45, 2.75) is 6.92 Å². The summed E-state index contributed by atoms with van der Waals surface area (Å²) < 4.78 is 25.5. The van der Waals surface area contributed by atoms with Crippen molar-refractivity contribution < 1.29 is 18.1 Å².